The third-order valence-corrected chi connectivity index (χ3v) is 2.04. The van der Waals surface area contributed by atoms with Crippen LogP contribution in [0.1, 0.15) is 33.1 Å². The minimum absolute atomic E-state index is 0.00800. The van der Waals surface area contributed by atoms with Gasteiger partial charge in [-0.05, 0) is 13.3 Å². The highest BCUT2D eigenvalue weighted by atomic mass is 127. The molecule has 0 aromatic carbocycles. The predicted molar refractivity (Wildman–Crippen MR) is 72.7 cm³/mol. The van der Waals surface area contributed by atoms with Gasteiger partial charge in [-0.3, -0.25) is 9.59 Å². The lowest BCUT2D eigenvalue weighted by Crippen LogP contribution is -2.33. The number of amides is 1. The Balaban J connectivity index is 3.77. The van der Waals surface area contributed by atoms with E-state index in [1.165, 1.54) is 0 Å². The van der Waals surface area contributed by atoms with Crippen LogP contribution in [0, 0.1) is 0 Å². The van der Waals surface area contributed by atoms with Gasteiger partial charge in [0.25, 0.3) is 0 Å². The summed E-state index contributed by atoms with van der Waals surface area (Å²) in [6.07, 6.45) is 1.02. The number of rotatable bonds is 6. The van der Waals surface area contributed by atoms with Gasteiger partial charge in [-0.15, -0.1) is 31.5 Å². The number of carbonyl (C=O) groups is 2. The molecule has 0 heterocycles. The third kappa shape index (κ3) is 9.11. The lowest BCUT2D eigenvalue weighted by atomic mass is 10.2. The Hall–Kier alpha value is 0.165. The number of hydrogen-bond donors (Lipinski definition) is 1. The molecule has 2 atom stereocenters. The molecule has 0 aliphatic heterocycles. The summed E-state index contributed by atoms with van der Waals surface area (Å²) < 4.78 is 5.04. The van der Waals surface area contributed by atoms with Gasteiger partial charge in [0.2, 0.25) is 5.91 Å². The first-order valence-corrected chi connectivity index (χ1v) is 6.75. The highest BCUT2D eigenvalue weighted by molar-refractivity contribution is 14.1. The fourth-order valence-corrected chi connectivity index (χ4v) is 1.54. The summed E-state index contributed by atoms with van der Waals surface area (Å²) >= 11 is 2.07. The Bertz CT molecular complexity index is 228. The molecule has 0 bridgehead atoms. The van der Waals surface area contributed by atoms with Crippen molar-refractivity contribution in [2.75, 3.05) is 0 Å². The molecule has 0 aliphatic rings. The number of ether oxygens (including phenoxy) is 1. The maximum absolute atomic E-state index is 11.3. The SMILES string of the molecule is CCCC(=O)OC(C)CC(=O)NB(P)I. The first kappa shape index (κ1) is 15.2. The first-order valence-electron chi connectivity index (χ1n) is 4.84. The highest BCUT2D eigenvalue weighted by Crippen LogP contribution is 2.04. The van der Waals surface area contributed by atoms with Crippen LogP contribution in [0.5, 0.6) is 0 Å². The molecule has 0 spiro atoms. The second-order valence-electron chi connectivity index (χ2n) is 3.22. The minimum Gasteiger partial charge on any atom is -0.462 e. The van der Waals surface area contributed by atoms with E-state index in [9.17, 15) is 9.59 Å². The van der Waals surface area contributed by atoms with Crippen LogP contribution in [0.3, 0.4) is 0 Å². The maximum atomic E-state index is 11.3. The van der Waals surface area contributed by atoms with E-state index in [1.54, 1.807) is 6.92 Å². The second-order valence-corrected chi connectivity index (χ2v) is 6.59. The summed E-state index contributed by atoms with van der Waals surface area (Å²) in [6.45, 7) is 3.63. The summed E-state index contributed by atoms with van der Waals surface area (Å²) in [5.74, 6) is -0.351. The molecule has 86 valence electrons. The normalized spacial score (nSPS) is 11.7. The molecule has 7 heteroatoms. The third-order valence-electron chi connectivity index (χ3n) is 1.56. The molecule has 1 amide bonds. The van der Waals surface area contributed by atoms with Crippen LogP contribution < -0.4 is 5.23 Å². The Labute approximate surface area is 106 Å². The van der Waals surface area contributed by atoms with Crippen LogP contribution in [-0.2, 0) is 14.3 Å². The smallest absolute Gasteiger partial charge is 0.349 e. The molecule has 0 fully saturated rings. The molecule has 2 unspecified atom stereocenters. The zero-order valence-corrected chi connectivity index (χ0v) is 12.3. The van der Waals surface area contributed by atoms with Gasteiger partial charge in [0, 0.05) is 6.42 Å². The summed E-state index contributed by atoms with van der Waals surface area (Å²) in [6, 6.07) is 0. The van der Waals surface area contributed by atoms with Crippen LogP contribution in [0.25, 0.3) is 0 Å². The second kappa shape index (κ2) is 8.33. The molecule has 0 aliphatic carbocycles. The molecule has 4 nitrogen and oxygen atoms in total. The van der Waals surface area contributed by atoms with Crippen LogP contribution >= 0.6 is 31.5 Å². The monoisotopic (exact) mass is 343 g/mol. The Kier molecular flexibility index (Phi) is 8.42. The quantitative estimate of drug-likeness (QED) is 0.344. The summed E-state index contributed by atoms with van der Waals surface area (Å²) in [7, 11) is 2.46. The van der Waals surface area contributed by atoms with Crippen LogP contribution in [-0.4, -0.2) is 22.4 Å². The van der Waals surface area contributed by atoms with E-state index in [2.05, 4.69) is 36.7 Å². The molecule has 15 heavy (non-hydrogen) atoms. The lowest BCUT2D eigenvalue weighted by Gasteiger charge is -2.13. The first-order chi connectivity index (χ1) is 6.95. The van der Waals surface area contributed by atoms with Gasteiger partial charge in [-0.25, -0.2) is 0 Å². The summed E-state index contributed by atoms with van der Waals surface area (Å²) in [5, 5.41) is 2.70. The number of halogens is 1. The molecule has 0 aromatic rings. The molecule has 1 N–H and O–H groups in total. The zero-order valence-electron chi connectivity index (χ0n) is 8.96. The van der Waals surface area contributed by atoms with Crippen molar-refractivity contribution >= 4 is 47.8 Å². The fourth-order valence-electron chi connectivity index (χ4n) is 1.00. The molecule has 0 saturated heterocycles. The zero-order chi connectivity index (χ0) is 11.8. The van der Waals surface area contributed by atoms with Gasteiger partial charge in [0.15, 0.2) is 0 Å². The van der Waals surface area contributed by atoms with E-state index in [1.807, 2.05) is 6.92 Å². The van der Waals surface area contributed by atoms with E-state index in [0.717, 1.165) is 6.42 Å². The summed E-state index contributed by atoms with van der Waals surface area (Å²) in [5.41, 5.74) is 0. The number of esters is 1. The Morgan fingerprint density at radius 1 is 1.60 bits per heavy atom. The molecule has 0 saturated carbocycles. The van der Waals surface area contributed by atoms with Gasteiger partial charge in [0.05, 0.1) is 6.42 Å². The van der Waals surface area contributed by atoms with E-state index in [4.69, 9.17) is 4.74 Å². The van der Waals surface area contributed by atoms with Gasteiger partial charge in [-0.1, -0.05) is 6.92 Å². The van der Waals surface area contributed by atoms with Crippen LogP contribution in [0.15, 0.2) is 0 Å². The van der Waals surface area contributed by atoms with Crippen molar-refractivity contribution in [1.82, 2.24) is 5.23 Å². The predicted octanol–water partition coefficient (Wildman–Crippen LogP) is 1.52. The van der Waals surface area contributed by atoms with Gasteiger partial charge in [-0.2, -0.15) is 0 Å². The number of hydrogen-bond acceptors (Lipinski definition) is 3. The Morgan fingerprint density at radius 3 is 2.67 bits per heavy atom. The highest BCUT2D eigenvalue weighted by Gasteiger charge is 2.14. The van der Waals surface area contributed by atoms with Crippen LogP contribution in [0.2, 0.25) is 0 Å². The van der Waals surface area contributed by atoms with E-state index in [0.29, 0.717) is 6.42 Å². The van der Waals surface area contributed by atoms with Crippen molar-refractivity contribution in [3.8, 4) is 0 Å². The standard InChI is InChI=1S/C8H16BINO3P/c1-3-4-8(13)14-6(2)5-7(12)11-9(10)15/h6H,3-5,15H2,1-2H3,(H,11,12). The van der Waals surface area contributed by atoms with Crippen LogP contribution in [0.4, 0.5) is 0 Å². The molecule has 0 aromatic heterocycles. The fraction of sp³-hybridized carbons (Fsp3) is 0.750. The van der Waals surface area contributed by atoms with Crippen molar-refractivity contribution in [3.05, 3.63) is 0 Å². The van der Waals surface area contributed by atoms with Crippen molar-refractivity contribution in [2.24, 2.45) is 0 Å². The molecule has 0 radical (unpaired) electrons. The molecular weight excluding hydrogens is 327 g/mol. The minimum atomic E-state index is -0.357. The largest absolute Gasteiger partial charge is 0.462 e. The topological polar surface area (TPSA) is 55.4 Å². The van der Waals surface area contributed by atoms with Crippen molar-refractivity contribution in [3.63, 3.8) is 0 Å². The average molecular weight is 343 g/mol. The molecular formula is C8H16BINO3P. The number of nitrogens with one attached hydrogen (secondary N) is 1. The van der Waals surface area contributed by atoms with Crippen molar-refractivity contribution in [2.45, 2.75) is 39.2 Å². The maximum Gasteiger partial charge on any atom is 0.349 e. The van der Waals surface area contributed by atoms with Gasteiger partial charge in [0.1, 0.15) is 6.10 Å². The lowest BCUT2D eigenvalue weighted by molar-refractivity contribution is -0.149. The van der Waals surface area contributed by atoms with Crippen molar-refractivity contribution in [1.29, 1.82) is 0 Å². The summed E-state index contributed by atoms with van der Waals surface area (Å²) in [4.78, 5) is 22.4. The number of carbonyl (C=O) groups excluding carboxylic acids is 2. The van der Waals surface area contributed by atoms with Crippen molar-refractivity contribution < 1.29 is 14.3 Å². The van der Waals surface area contributed by atoms with E-state index in [-0.39, 0.29) is 28.8 Å². The van der Waals surface area contributed by atoms with E-state index >= 15 is 0 Å². The van der Waals surface area contributed by atoms with Gasteiger partial charge >= 0.3 is 10.4 Å². The molecule has 0 rings (SSSR count). The Morgan fingerprint density at radius 2 is 2.20 bits per heavy atom. The average Bonchev–Trinajstić information content (AvgIpc) is 2.00. The van der Waals surface area contributed by atoms with E-state index < -0.39 is 0 Å². The van der Waals surface area contributed by atoms with Gasteiger partial charge < -0.3 is 9.96 Å².